The summed E-state index contributed by atoms with van der Waals surface area (Å²) in [6.07, 6.45) is 1.64. The minimum Gasteiger partial charge on any atom is -0.350 e. The molecule has 0 saturated heterocycles. The van der Waals surface area contributed by atoms with E-state index in [9.17, 15) is 9.18 Å². The molecule has 78 valence electrons. The summed E-state index contributed by atoms with van der Waals surface area (Å²) in [7, 11) is 1.76. The fourth-order valence-electron chi connectivity index (χ4n) is 1.67. The summed E-state index contributed by atoms with van der Waals surface area (Å²) in [6.45, 7) is 0.194. The van der Waals surface area contributed by atoms with E-state index in [1.165, 1.54) is 18.2 Å². The van der Waals surface area contributed by atoms with Crippen LogP contribution in [0.4, 0.5) is 4.39 Å². The second-order valence-corrected chi connectivity index (χ2v) is 3.46. The number of halogens is 1. The summed E-state index contributed by atoms with van der Waals surface area (Å²) < 4.78 is 14.7. The molecule has 0 fully saturated rings. The quantitative estimate of drug-likeness (QED) is 0.760. The highest BCUT2D eigenvalue weighted by molar-refractivity contribution is 5.79. The molecule has 0 spiro atoms. The third kappa shape index (κ3) is 1.53. The van der Waals surface area contributed by atoms with Crippen molar-refractivity contribution in [1.82, 2.24) is 4.57 Å². The summed E-state index contributed by atoms with van der Waals surface area (Å²) in [6, 6.07) is 4.12. The van der Waals surface area contributed by atoms with Crippen molar-refractivity contribution < 1.29 is 4.39 Å². The molecule has 2 N–H and O–H groups in total. The Balaban J connectivity index is 2.93. The molecule has 0 aliphatic carbocycles. The van der Waals surface area contributed by atoms with Gasteiger partial charge in [0.1, 0.15) is 5.82 Å². The maximum Gasteiger partial charge on any atom is 0.193 e. The number of hydrogen-bond donors (Lipinski definition) is 1. The van der Waals surface area contributed by atoms with Crippen LogP contribution in [0.3, 0.4) is 0 Å². The Morgan fingerprint density at radius 1 is 1.47 bits per heavy atom. The number of aryl methyl sites for hydroxylation is 1. The smallest absolute Gasteiger partial charge is 0.193 e. The van der Waals surface area contributed by atoms with E-state index in [1.807, 2.05) is 0 Å². The highest BCUT2D eigenvalue weighted by Gasteiger charge is 2.06. The van der Waals surface area contributed by atoms with Crippen LogP contribution in [0.15, 0.2) is 29.2 Å². The van der Waals surface area contributed by atoms with E-state index in [2.05, 4.69) is 0 Å². The molecular formula is C11H11FN2O. The largest absolute Gasteiger partial charge is 0.350 e. The maximum atomic E-state index is 13.0. The zero-order chi connectivity index (χ0) is 11.0. The lowest BCUT2D eigenvalue weighted by atomic mass is 10.1. The van der Waals surface area contributed by atoms with Crippen LogP contribution in [0.25, 0.3) is 10.9 Å². The zero-order valence-electron chi connectivity index (χ0n) is 8.33. The molecule has 3 nitrogen and oxygen atoms in total. The van der Waals surface area contributed by atoms with Crippen LogP contribution in [-0.2, 0) is 13.6 Å². The lowest BCUT2D eigenvalue weighted by Gasteiger charge is -2.07. The van der Waals surface area contributed by atoms with Gasteiger partial charge in [0.15, 0.2) is 5.43 Å². The van der Waals surface area contributed by atoms with Crippen molar-refractivity contribution in [3.8, 4) is 0 Å². The van der Waals surface area contributed by atoms with Gasteiger partial charge in [0.25, 0.3) is 0 Å². The summed E-state index contributed by atoms with van der Waals surface area (Å²) in [5.74, 6) is -0.349. The van der Waals surface area contributed by atoms with Gasteiger partial charge in [-0.05, 0) is 18.2 Å². The average molecular weight is 206 g/mol. The van der Waals surface area contributed by atoms with Crippen LogP contribution in [0.5, 0.6) is 0 Å². The van der Waals surface area contributed by atoms with Crippen molar-refractivity contribution in [2.75, 3.05) is 0 Å². The molecule has 1 aromatic heterocycles. The van der Waals surface area contributed by atoms with Gasteiger partial charge in [-0.2, -0.15) is 0 Å². The predicted octanol–water partition coefficient (Wildman–Crippen LogP) is 1.14. The standard InChI is InChI=1S/C11H11FN2O/c1-14-6-7(5-13)11(15)9-3-2-8(12)4-10(9)14/h2-4,6H,5,13H2,1H3. The Hall–Kier alpha value is -1.68. The van der Waals surface area contributed by atoms with Crippen molar-refractivity contribution in [3.63, 3.8) is 0 Å². The summed E-state index contributed by atoms with van der Waals surface area (Å²) in [5, 5.41) is 0.502. The molecule has 1 aromatic carbocycles. The first-order valence-corrected chi connectivity index (χ1v) is 4.61. The lowest BCUT2D eigenvalue weighted by Crippen LogP contribution is -2.16. The summed E-state index contributed by atoms with van der Waals surface area (Å²) in [5.41, 5.74) is 6.45. The van der Waals surface area contributed by atoms with E-state index < -0.39 is 0 Å². The van der Waals surface area contributed by atoms with Gasteiger partial charge in [-0.1, -0.05) is 0 Å². The van der Waals surface area contributed by atoms with Gasteiger partial charge in [-0.3, -0.25) is 4.79 Å². The van der Waals surface area contributed by atoms with E-state index in [0.717, 1.165) is 0 Å². The second-order valence-electron chi connectivity index (χ2n) is 3.46. The monoisotopic (exact) mass is 206 g/mol. The van der Waals surface area contributed by atoms with Gasteiger partial charge in [-0.15, -0.1) is 0 Å². The van der Waals surface area contributed by atoms with Crippen LogP contribution in [0.1, 0.15) is 5.56 Å². The van der Waals surface area contributed by atoms with Crippen molar-refractivity contribution in [1.29, 1.82) is 0 Å². The first-order valence-electron chi connectivity index (χ1n) is 4.61. The van der Waals surface area contributed by atoms with E-state index in [-0.39, 0.29) is 17.8 Å². The third-order valence-electron chi connectivity index (χ3n) is 2.45. The number of rotatable bonds is 1. The van der Waals surface area contributed by atoms with Crippen LogP contribution in [0.2, 0.25) is 0 Å². The van der Waals surface area contributed by atoms with Crippen LogP contribution >= 0.6 is 0 Å². The number of benzene rings is 1. The van der Waals surface area contributed by atoms with E-state index in [0.29, 0.717) is 16.5 Å². The Bertz CT molecular complexity index is 575. The van der Waals surface area contributed by atoms with Gasteiger partial charge in [0.05, 0.1) is 5.52 Å². The van der Waals surface area contributed by atoms with Crippen molar-refractivity contribution in [3.05, 3.63) is 46.0 Å². The second kappa shape index (κ2) is 3.47. The minimum absolute atomic E-state index is 0.120. The fourth-order valence-corrected chi connectivity index (χ4v) is 1.67. The molecule has 0 amide bonds. The predicted molar refractivity (Wildman–Crippen MR) is 57.0 cm³/mol. The number of hydrogen-bond acceptors (Lipinski definition) is 2. The Kier molecular flexibility index (Phi) is 2.28. The summed E-state index contributed by atoms with van der Waals surface area (Å²) in [4.78, 5) is 11.8. The van der Waals surface area contributed by atoms with Gasteiger partial charge < -0.3 is 10.3 Å². The number of nitrogens with zero attached hydrogens (tertiary/aromatic N) is 1. The van der Waals surface area contributed by atoms with E-state index in [4.69, 9.17) is 5.73 Å². The summed E-state index contributed by atoms with van der Waals surface area (Å²) >= 11 is 0. The van der Waals surface area contributed by atoms with Crippen LogP contribution in [-0.4, -0.2) is 4.57 Å². The van der Waals surface area contributed by atoms with E-state index in [1.54, 1.807) is 17.8 Å². The number of pyridine rings is 1. The Morgan fingerprint density at radius 3 is 2.87 bits per heavy atom. The molecule has 2 rings (SSSR count). The van der Waals surface area contributed by atoms with Gasteiger partial charge >= 0.3 is 0 Å². The Labute approximate surface area is 85.9 Å². The number of nitrogens with two attached hydrogens (primary N) is 1. The molecule has 4 heteroatoms. The Morgan fingerprint density at radius 2 is 2.20 bits per heavy atom. The molecule has 0 atom stereocenters. The van der Waals surface area contributed by atoms with Gasteiger partial charge in [0, 0.05) is 30.7 Å². The van der Waals surface area contributed by atoms with Gasteiger partial charge in [-0.25, -0.2) is 4.39 Å². The lowest BCUT2D eigenvalue weighted by molar-refractivity contribution is 0.628. The van der Waals surface area contributed by atoms with Gasteiger partial charge in [0.2, 0.25) is 0 Å². The maximum absolute atomic E-state index is 13.0. The van der Waals surface area contributed by atoms with Crippen molar-refractivity contribution >= 4 is 10.9 Å². The van der Waals surface area contributed by atoms with Crippen LogP contribution in [0, 0.1) is 5.82 Å². The molecule has 0 radical (unpaired) electrons. The molecule has 0 aliphatic heterocycles. The molecule has 0 bridgehead atoms. The van der Waals surface area contributed by atoms with E-state index >= 15 is 0 Å². The third-order valence-corrected chi connectivity index (χ3v) is 2.45. The molecule has 1 heterocycles. The molecule has 15 heavy (non-hydrogen) atoms. The number of fused-ring (bicyclic) bond motifs is 1. The molecule has 2 aromatic rings. The van der Waals surface area contributed by atoms with Crippen molar-refractivity contribution in [2.24, 2.45) is 12.8 Å². The molecular weight excluding hydrogens is 195 g/mol. The normalized spacial score (nSPS) is 10.9. The number of aromatic nitrogens is 1. The SMILES string of the molecule is Cn1cc(CN)c(=O)c2ccc(F)cc21. The highest BCUT2D eigenvalue weighted by atomic mass is 19.1. The van der Waals surface area contributed by atoms with Crippen molar-refractivity contribution in [2.45, 2.75) is 6.54 Å². The molecule has 0 unspecified atom stereocenters. The highest BCUT2D eigenvalue weighted by Crippen LogP contribution is 2.12. The first-order chi connectivity index (χ1) is 7.13. The zero-order valence-corrected chi connectivity index (χ0v) is 8.33. The molecule has 0 aliphatic rings. The first kappa shape index (κ1) is 9.86. The average Bonchev–Trinajstić information content (AvgIpc) is 2.23. The van der Waals surface area contributed by atoms with Crippen LogP contribution < -0.4 is 11.2 Å². The molecule has 0 saturated carbocycles. The minimum atomic E-state index is -0.349. The topological polar surface area (TPSA) is 48.0 Å². The fraction of sp³-hybridized carbons (Fsp3) is 0.182.